The van der Waals surface area contributed by atoms with Crippen molar-refractivity contribution in [3.63, 3.8) is 0 Å². The Morgan fingerprint density at radius 3 is 1.03 bits per heavy atom. The van der Waals surface area contributed by atoms with Gasteiger partial charge >= 0.3 is 0 Å². The van der Waals surface area contributed by atoms with Crippen molar-refractivity contribution in [2.75, 3.05) is 9.80 Å². The number of hydrogen-bond donors (Lipinski definition) is 0. The summed E-state index contributed by atoms with van der Waals surface area (Å²) in [5.74, 6) is 0. The largest absolute Gasteiger partial charge is 0.310 e. The summed E-state index contributed by atoms with van der Waals surface area (Å²) in [5.41, 5.74) is 30.2. The molecule has 3 nitrogen and oxygen atoms in total. The lowest BCUT2D eigenvalue weighted by molar-refractivity contribution is 0.568. The summed E-state index contributed by atoms with van der Waals surface area (Å²) in [4.78, 5) is 5.31. The standard InChI is InChI=1S/C116H136BN3/c1-106(2,3)75-50-45-71(46-51-75)87-63-80(111(16,17)18)65-89(84-56-54-77(108(7,8)9)67-93(84)116(31,32)33)104(87)120-99-70-83(118-96-43-36-34-39-85(96)86-40-35-37-44-97(86)118)55-58-95(99)117-94-57-49-73(74-59-78(109(10,11)12)62-79(60-74)110(13,14)15)61-98(94)119(100-68-82(113(22,23)24)69-101(120)103(100)117)105-88(72-47-52-76(53-48-72)107(4,5)6)64-81(112(19,20)21)66-90(105)102-91(114(25,26)27)41-38-42-92(102)115(28,29)30/h34-70H,1-33H3/i34D,35D,36D,37D,39D,40D,43D,44D. The summed E-state index contributed by atoms with van der Waals surface area (Å²) in [6.07, 6.45) is 0. The van der Waals surface area contributed by atoms with E-state index in [4.69, 9.17) is 0 Å². The second-order valence-corrected chi connectivity index (χ2v) is 46.4. The first kappa shape index (κ1) is 75.1. The molecule has 4 heteroatoms. The number of aromatic nitrogens is 1. The molecule has 15 rings (SSSR count). The molecule has 13 aromatic rings. The fourth-order valence-corrected chi connectivity index (χ4v) is 18.3. The molecule has 0 bridgehead atoms. The van der Waals surface area contributed by atoms with Gasteiger partial charge in [-0.05, 0) is 237 Å². The van der Waals surface area contributed by atoms with Crippen LogP contribution in [-0.2, 0) is 59.6 Å². The summed E-state index contributed by atoms with van der Waals surface area (Å²) < 4.78 is 79.2. The van der Waals surface area contributed by atoms with E-state index in [0.717, 1.165) is 112 Å². The van der Waals surface area contributed by atoms with Gasteiger partial charge in [0, 0.05) is 61.5 Å². The SMILES string of the molecule is [2H]c1c([2H])c([2H])c2c(c1[2H])c1c([2H])c([2H])c([2H])c([2H])c1n2-c1ccc2c(c1)N(c1c(-c3ccc(C(C)(C)C)cc3)cc(C(C)(C)C)cc1-c1ccc(C(C)(C)C)cc1C(C)(C)C)c1cc(C(C)(C)C)cc3c1B2c1ccc(-c2cc(C(C)(C)C)cc(C(C)(C)C)c2)cc1N3c1c(-c2ccc(C(C)(C)C)cc2)cc(C(C)(C)C)cc1-c1c(C(C)(C)C)cccc1C(C)(C)C. The van der Waals surface area contributed by atoms with Crippen LogP contribution < -0.4 is 26.2 Å². The topological polar surface area (TPSA) is 11.4 Å². The van der Waals surface area contributed by atoms with Crippen molar-refractivity contribution in [1.29, 1.82) is 0 Å². The van der Waals surface area contributed by atoms with Gasteiger partial charge in [0.1, 0.15) is 0 Å². The van der Waals surface area contributed by atoms with Gasteiger partial charge in [0.2, 0.25) is 0 Å². The first-order chi connectivity index (χ1) is 58.8. The molecule has 0 aliphatic carbocycles. The van der Waals surface area contributed by atoms with Crippen molar-refractivity contribution in [2.24, 2.45) is 0 Å². The molecule has 0 fully saturated rings. The third kappa shape index (κ3) is 15.5. The number of benzene rings is 12. The zero-order chi connectivity index (χ0) is 94.1. The van der Waals surface area contributed by atoms with Gasteiger partial charge in [-0.2, -0.15) is 0 Å². The van der Waals surface area contributed by atoms with Gasteiger partial charge < -0.3 is 14.4 Å². The Morgan fingerprint density at radius 1 is 0.250 bits per heavy atom. The summed E-state index contributed by atoms with van der Waals surface area (Å²) in [7, 11) is 0. The van der Waals surface area contributed by atoms with E-state index >= 15 is 0 Å². The minimum absolute atomic E-state index is 0.0192. The minimum Gasteiger partial charge on any atom is -0.310 e. The molecule has 0 spiro atoms. The maximum atomic E-state index is 10.1. The molecular formula is C116H136BN3. The lowest BCUT2D eigenvalue weighted by Crippen LogP contribution is -2.61. The lowest BCUT2D eigenvalue weighted by atomic mass is 9.33. The van der Waals surface area contributed by atoms with Crippen molar-refractivity contribution in [2.45, 2.75) is 288 Å². The van der Waals surface area contributed by atoms with Crippen LogP contribution in [0.15, 0.2) is 224 Å². The van der Waals surface area contributed by atoms with Crippen molar-refractivity contribution >= 4 is 79.0 Å². The third-order valence-corrected chi connectivity index (χ3v) is 25.7. The molecule has 12 aromatic carbocycles. The molecule has 0 saturated heterocycles. The smallest absolute Gasteiger partial charge is 0.252 e. The monoisotopic (exact) mass is 1590 g/mol. The van der Waals surface area contributed by atoms with Crippen molar-refractivity contribution in [3.8, 4) is 61.3 Å². The van der Waals surface area contributed by atoms with E-state index < -0.39 is 47.1 Å². The van der Waals surface area contributed by atoms with Crippen LogP contribution in [0.25, 0.3) is 83.1 Å². The minimum atomic E-state index is -0.538. The van der Waals surface area contributed by atoms with Gasteiger partial charge in [0.05, 0.1) is 33.4 Å². The molecular weight excluding hydrogens is 1450 g/mol. The summed E-state index contributed by atoms with van der Waals surface area (Å²) >= 11 is 0. The van der Waals surface area contributed by atoms with E-state index in [2.05, 4.69) is 408 Å². The van der Waals surface area contributed by atoms with E-state index in [-0.39, 0.29) is 89.3 Å². The fraction of sp³-hybridized carbons (Fsp3) is 0.379. The molecule has 0 atom stereocenters. The molecule has 3 heterocycles. The van der Waals surface area contributed by atoms with Gasteiger partial charge in [-0.1, -0.05) is 386 Å². The molecule has 2 aliphatic rings. The molecule has 0 amide bonds. The van der Waals surface area contributed by atoms with Crippen LogP contribution >= 0.6 is 0 Å². The number of hydrogen-bond acceptors (Lipinski definition) is 2. The van der Waals surface area contributed by atoms with Crippen LogP contribution in [0.2, 0.25) is 0 Å². The molecule has 120 heavy (non-hydrogen) atoms. The van der Waals surface area contributed by atoms with Crippen LogP contribution in [0, 0.1) is 0 Å². The normalized spacial score (nSPS) is 14.9. The van der Waals surface area contributed by atoms with E-state index in [9.17, 15) is 11.0 Å². The highest BCUT2D eigenvalue weighted by Crippen LogP contribution is 2.59. The maximum absolute atomic E-state index is 10.1. The highest BCUT2D eigenvalue weighted by molar-refractivity contribution is 7.00. The Hall–Kier alpha value is -9.90. The second kappa shape index (κ2) is 28.9. The highest BCUT2D eigenvalue weighted by Gasteiger charge is 2.48. The summed E-state index contributed by atoms with van der Waals surface area (Å²) in [5, 5.41) is 0.0385. The first-order valence-electron chi connectivity index (χ1n) is 47.9. The number of anilines is 6. The number of fused-ring (bicyclic) bond motifs is 7. The number of rotatable bonds is 8. The van der Waals surface area contributed by atoms with Gasteiger partial charge in [-0.25, -0.2) is 0 Å². The van der Waals surface area contributed by atoms with E-state index in [1.165, 1.54) is 55.6 Å². The van der Waals surface area contributed by atoms with Gasteiger partial charge in [-0.3, -0.25) is 0 Å². The zero-order valence-corrected chi connectivity index (χ0v) is 78.7. The van der Waals surface area contributed by atoms with Gasteiger partial charge in [-0.15, -0.1) is 0 Å². The quantitative estimate of drug-likeness (QED) is 0.141. The second-order valence-electron chi connectivity index (χ2n) is 46.4. The van der Waals surface area contributed by atoms with E-state index in [1.54, 1.807) is 4.57 Å². The predicted octanol–water partition coefficient (Wildman–Crippen LogP) is 31.5. The van der Waals surface area contributed by atoms with Crippen LogP contribution in [0.1, 0.15) is 301 Å². The van der Waals surface area contributed by atoms with Crippen LogP contribution in [0.3, 0.4) is 0 Å². The molecule has 0 unspecified atom stereocenters. The maximum Gasteiger partial charge on any atom is 0.252 e. The summed E-state index contributed by atoms with van der Waals surface area (Å²) in [6, 6.07) is 65.6. The van der Waals surface area contributed by atoms with Crippen LogP contribution in [0.4, 0.5) is 34.1 Å². The molecule has 0 N–H and O–H groups in total. The zero-order valence-electron chi connectivity index (χ0n) is 86.7. The highest BCUT2D eigenvalue weighted by atomic mass is 15.2. The lowest BCUT2D eigenvalue weighted by Gasteiger charge is -2.47. The Kier molecular flexibility index (Phi) is 18.1. The predicted molar refractivity (Wildman–Crippen MR) is 528 cm³/mol. The van der Waals surface area contributed by atoms with Crippen LogP contribution in [0.5, 0.6) is 0 Å². The van der Waals surface area contributed by atoms with Gasteiger partial charge in [0.15, 0.2) is 0 Å². The Labute approximate surface area is 734 Å². The summed E-state index contributed by atoms with van der Waals surface area (Å²) in [6.45, 7) is 76.3. The van der Waals surface area contributed by atoms with E-state index in [0.29, 0.717) is 5.69 Å². The molecule has 0 radical (unpaired) electrons. The van der Waals surface area contributed by atoms with Gasteiger partial charge in [0.25, 0.3) is 6.71 Å². The Morgan fingerprint density at radius 2 is 0.608 bits per heavy atom. The van der Waals surface area contributed by atoms with Crippen molar-refractivity contribution in [3.05, 3.63) is 285 Å². The van der Waals surface area contributed by atoms with Crippen LogP contribution in [-0.4, -0.2) is 11.3 Å². The molecule has 1 aromatic heterocycles. The Bertz CT molecular complexity index is 6570. The van der Waals surface area contributed by atoms with Crippen molar-refractivity contribution in [1.82, 2.24) is 4.57 Å². The molecule has 2 aliphatic heterocycles. The number of para-hydroxylation sites is 2. The molecule has 618 valence electrons. The molecule has 0 saturated carbocycles. The van der Waals surface area contributed by atoms with Crippen molar-refractivity contribution < 1.29 is 11.0 Å². The number of nitrogens with zero attached hydrogens (tertiary/aromatic N) is 3. The average molecular weight is 1590 g/mol. The fourth-order valence-electron chi connectivity index (χ4n) is 18.3. The van der Waals surface area contributed by atoms with E-state index in [1.807, 2.05) is 6.07 Å². The third-order valence-electron chi connectivity index (χ3n) is 25.7. The Balaban J connectivity index is 1.25. The first-order valence-corrected chi connectivity index (χ1v) is 43.9. The average Bonchev–Trinajstić information content (AvgIpc) is 1.25.